The van der Waals surface area contributed by atoms with Crippen LogP contribution < -0.4 is 5.32 Å². The largest absolute Gasteiger partial charge is 0.381 e. The molecule has 1 aromatic rings. The van der Waals surface area contributed by atoms with Crippen molar-refractivity contribution in [3.63, 3.8) is 0 Å². The highest BCUT2D eigenvalue weighted by atomic mass is 16.5. The zero-order valence-corrected chi connectivity index (χ0v) is 7.86. The summed E-state index contributed by atoms with van der Waals surface area (Å²) in [4.78, 5) is 11.4. The van der Waals surface area contributed by atoms with Crippen LogP contribution in [0.4, 0.5) is 0 Å². The normalized spacial score (nSPS) is 25.5. The van der Waals surface area contributed by atoms with Gasteiger partial charge >= 0.3 is 0 Å². The third-order valence-corrected chi connectivity index (χ3v) is 2.41. The quantitative estimate of drug-likeness (QED) is 0.696. The van der Waals surface area contributed by atoms with Gasteiger partial charge in [0.2, 0.25) is 0 Å². The standard InChI is InChI=1S/C8H12N4O2/c1-14-6-2-5(3-6)10-8(13)7-4-9-12-11-7/h4-6H,2-3H2,1H3,(H,10,13)(H,9,11,12). The molecule has 1 aromatic heterocycles. The lowest BCUT2D eigenvalue weighted by atomic mass is 9.89. The van der Waals surface area contributed by atoms with E-state index >= 15 is 0 Å². The number of nitrogens with zero attached hydrogens (tertiary/aromatic N) is 2. The number of nitrogens with one attached hydrogen (secondary N) is 2. The van der Waals surface area contributed by atoms with Crippen LogP contribution in [0.15, 0.2) is 6.20 Å². The lowest BCUT2D eigenvalue weighted by molar-refractivity contribution is 0.0175. The lowest BCUT2D eigenvalue weighted by Gasteiger charge is -2.34. The summed E-state index contributed by atoms with van der Waals surface area (Å²) in [6.07, 6.45) is 3.44. The molecule has 0 radical (unpaired) electrons. The summed E-state index contributed by atoms with van der Waals surface area (Å²) in [5, 5.41) is 12.5. The van der Waals surface area contributed by atoms with Crippen LogP contribution in [0, 0.1) is 0 Å². The van der Waals surface area contributed by atoms with E-state index in [4.69, 9.17) is 4.74 Å². The maximum Gasteiger partial charge on any atom is 0.273 e. The van der Waals surface area contributed by atoms with Gasteiger partial charge in [-0.3, -0.25) is 4.79 Å². The van der Waals surface area contributed by atoms with E-state index in [-0.39, 0.29) is 18.1 Å². The first-order chi connectivity index (χ1) is 6.79. The fourth-order valence-electron chi connectivity index (χ4n) is 1.45. The molecule has 0 aromatic carbocycles. The zero-order chi connectivity index (χ0) is 9.97. The molecule has 1 heterocycles. The summed E-state index contributed by atoms with van der Waals surface area (Å²) in [6, 6.07) is 0.212. The molecule has 0 atom stereocenters. The molecule has 1 aliphatic carbocycles. The molecule has 6 nitrogen and oxygen atoms in total. The average Bonchev–Trinajstić information content (AvgIpc) is 2.62. The number of aromatic nitrogens is 3. The predicted molar refractivity (Wildman–Crippen MR) is 47.7 cm³/mol. The first-order valence-electron chi connectivity index (χ1n) is 4.49. The molecule has 0 unspecified atom stereocenters. The molecule has 76 valence electrons. The van der Waals surface area contributed by atoms with Crippen molar-refractivity contribution in [2.75, 3.05) is 7.11 Å². The van der Waals surface area contributed by atoms with Gasteiger partial charge in [0.15, 0.2) is 5.69 Å². The van der Waals surface area contributed by atoms with E-state index in [1.165, 1.54) is 6.20 Å². The fourth-order valence-corrected chi connectivity index (χ4v) is 1.45. The van der Waals surface area contributed by atoms with E-state index in [2.05, 4.69) is 20.7 Å². The monoisotopic (exact) mass is 196 g/mol. The minimum atomic E-state index is -0.182. The second-order valence-corrected chi connectivity index (χ2v) is 3.35. The molecule has 0 bridgehead atoms. The molecule has 1 amide bonds. The van der Waals surface area contributed by atoms with Crippen LogP contribution in [0.5, 0.6) is 0 Å². The smallest absolute Gasteiger partial charge is 0.273 e. The average molecular weight is 196 g/mol. The van der Waals surface area contributed by atoms with E-state index < -0.39 is 0 Å². The van der Waals surface area contributed by atoms with Crippen LogP contribution in [0.1, 0.15) is 23.3 Å². The molecule has 1 aliphatic rings. The van der Waals surface area contributed by atoms with Gasteiger partial charge in [-0.05, 0) is 12.8 Å². The molecule has 2 N–H and O–H groups in total. The van der Waals surface area contributed by atoms with Crippen LogP contribution in [0.2, 0.25) is 0 Å². The fraction of sp³-hybridized carbons (Fsp3) is 0.625. The Morgan fingerprint density at radius 3 is 3.07 bits per heavy atom. The molecular formula is C8H12N4O2. The number of ether oxygens (including phenoxy) is 1. The van der Waals surface area contributed by atoms with Gasteiger partial charge < -0.3 is 10.1 Å². The Morgan fingerprint density at radius 1 is 1.71 bits per heavy atom. The number of aromatic amines is 1. The first-order valence-corrected chi connectivity index (χ1v) is 4.49. The summed E-state index contributed by atoms with van der Waals surface area (Å²) in [7, 11) is 1.68. The van der Waals surface area contributed by atoms with Crippen molar-refractivity contribution in [1.82, 2.24) is 20.7 Å². The molecule has 1 fully saturated rings. The third kappa shape index (κ3) is 1.74. The van der Waals surface area contributed by atoms with E-state index in [0.29, 0.717) is 5.69 Å². The van der Waals surface area contributed by atoms with Gasteiger partial charge in [0.05, 0.1) is 12.3 Å². The minimum absolute atomic E-state index is 0.182. The topological polar surface area (TPSA) is 79.9 Å². The SMILES string of the molecule is COC1CC(NC(=O)c2cn[nH]n2)C1. The number of H-pyrrole nitrogens is 1. The van der Waals surface area contributed by atoms with Crippen molar-refractivity contribution in [3.05, 3.63) is 11.9 Å². The van der Waals surface area contributed by atoms with Gasteiger partial charge in [0.1, 0.15) is 0 Å². The van der Waals surface area contributed by atoms with Gasteiger partial charge in [-0.25, -0.2) is 0 Å². The van der Waals surface area contributed by atoms with E-state index in [9.17, 15) is 4.79 Å². The third-order valence-electron chi connectivity index (χ3n) is 2.41. The second-order valence-electron chi connectivity index (χ2n) is 3.35. The first kappa shape index (κ1) is 9.14. The van der Waals surface area contributed by atoms with Crippen LogP contribution in [0.3, 0.4) is 0 Å². The van der Waals surface area contributed by atoms with Crippen molar-refractivity contribution in [1.29, 1.82) is 0 Å². The van der Waals surface area contributed by atoms with Gasteiger partial charge in [0, 0.05) is 13.2 Å². The summed E-state index contributed by atoms with van der Waals surface area (Å²) in [6.45, 7) is 0. The Bertz CT molecular complexity index is 305. The number of hydrogen-bond acceptors (Lipinski definition) is 4. The number of carbonyl (C=O) groups excluding carboxylic acids is 1. The summed E-state index contributed by atoms with van der Waals surface area (Å²) < 4.78 is 5.10. The molecule has 0 spiro atoms. The van der Waals surface area contributed by atoms with Crippen LogP contribution in [-0.2, 0) is 4.74 Å². The molecule has 14 heavy (non-hydrogen) atoms. The van der Waals surface area contributed by atoms with Crippen LogP contribution in [-0.4, -0.2) is 40.6 Å². The van der Waals surface area contributed by atoms with E-state index in [1.54, 1.807) is 7.11 Å². The Labute approximate surface area is 81.0 Å². The molecular weight excluding hydrogens is 184 g/mol. The predicted octanol–water partition coefficient (Wildman–Crippen LogP) is -0.288. The Hall–Kier alpha value is -1.43. The second kappa shape index (κ2) is 3.75. The number of hydrogen-bond donors (Lipinski definition) is 2. The van der Waals surface area contributed by atoms with Gasteiger partial charge in [-0.1, -0.05) is 0 Å². The molecule has 0 saturated heterocycles. The molecule has 2 rings (SSSR count). The van der Waals surface area contributed by atoms with Crippen molar-refractivity contribution < 1.29 is 9.53 Å². The zero-order valence-electron chi connectivity index (χ0n) is 7.86. The number of rotatable bonds is 3. The van der Waals surface area contributed by atoms with E-state index in [0.717, 1.165) is 12.8 Å². The highest BCUT2D eigenvalue weighted by Gasteiger charge is 2.30. The van der Waals surface area contributed by atoms with Crippen LogP contribution in [0.25, 0.3) is 0 Å². The molecule has 0 aliphatic heterocycles. The number of carbonyl (C=O) groups is 1. The van der Waals surface area contributed by atoms with Gasteiger partial charge in [-0.15, -0.1) is 0 Å². The highest BCUT2D eigenvalue weighted by Crippen LogP contribution is 2.22. The Morgan fingerprint density at radius 2 is 2.50 bits per heavy atom. The summed E-state index contributed by atoms with van der Waals surface area (Å²) in [5.74, 6) is -0.182. The summed E-state index contributed by atoms with van der Waals surface area (Å²) in [5.41, 5.74) is 0.325. The molecule has 6 heteroatoms. The number of methoxy groups -OCH3 is 1. The van der Waals surface area contributed by atoms with Gasteiger partial charge in [0.25, 0.3) is 5.91 Å². The minimum Gasteiger partial charge on any atom is -0.381 e. The van der Waals surface area contributed by atoms with Crippen molar-refractivity contribution >= 4 is 5.91 Å². The van der Waals surface area contributed by atoms with Gasteiger partial charge in [-0.2, -0.15) is 15.4 Å². The molecule has 1 saturated carbocycles. The highest BCUT2D eigenvalue weighted by molar-refractivity contribution is 5.92. The maximum atomic E-state index is 11.4. The van der Waals surface area contributed by atoms with Crippen molar-refractivity contribution in [2.24, 2.45) is 0 Å². The Balaban J connectivity index is 1.80. The van der Waals surface area contributed by atoms with Crippen molar-refractivity contribution in [3.8, 4) is 0 Å². The lowest BCUT2D eigenvalue weighted by Crippen LogP contribution is -2.47. The maximum absolute atomic E-state index is 11.4. The Kier molecular flexibility index (Phi) is 2.45. The van der Waals surface area contributed by atoms with Crippen LogP contribution >= 0.6 is 0 Å². The number of amides is 1. The summed E-state index contributed by atoms with van der Waals surface area (Å²) >= 11 is 0. The van der Waals surface area contributed by atoms with Crippen molar-refractivity contribution in [2.45, 2.75) is 25.0 Å². The van der Waals surface area contributed by atoms with E-state index in [1.807, 2.05) is 0 Å².